The molecule has 3 aromatic rings. The van der Waals surface area contributed by atoms with Crippen molar-refractivity contribution in [3.63, 3.8) is 0 Å². The third-order valence-corrected chi connectivity index (χ3v) is 6.23. The lowest BCUT2D eigenvalue weighted by atomic mass is 9.88. The van der Waals surface area contributed by atoms with E-state index in [9.17, 15) is 0 Å². The van der Waals surface area contributed by atoms with Gasteiger partial charge in [-0.15, -0.1) is 10.2 Å². The lowest BCUT2D eigenvalue weighted by Crippen LogP contribution is -2.47. The van der Waals surface area contributed by atoms with Gasteiger partial charge < -0.3 is 9.64 Å². The van der Waals surface area contributed by atoms with Gasteiger partial charge in [-0.1, -0.05) is 53.5 Å². The predicted molar refractivity (Wildman–Crippen MR) is 110 cm³/mol. The van der Waals surface area contributed by atoms with Crippen LogP contribution in [0.15, 0.2) is 42.5 Å². The zero-order valence-electron chi connectivity index (χ0n) is 14.7. The molecule has 0 aliphatic carbocycles. The molecule has 1 aromatic heterocycles. The van der Waals surface area contributed by atoms with Gasteiger partial charge in [0.1, 0.15) is 5.69 Å². The molecule has 2 bridgehead atoms. The topological polar surface area (TPSA) is 38.2 Å². The summed E-state index contributed by atoms with van der Waals surface area (Å²) in [5, 5.41) is 12.5. The monoisotopic (exact) mass is 399 g/mol. The van der Waals surface area contributed by atoms with E-state index in [0.29, 0.717) is 21.9 Å². The Morgan fingerprint density at radius 1 is 0.889 bits per heavy atom. The van der Waals surface area contributed by atoms with Crippen LogP contribution in [0.25, 0.3) is 22.0 Å². The third-order valence-electron chi connectivity index (χ3n) is 5.49. The molecule has 2 atom stereocenters. The van der Waals surface area contributed by atoms with E-state index in [1.807, 2.05) is 18.2 Å². The number of benzene rings is 2. The highest BCUT2D eigenvalue weighted by molar-refractivity contribution is 6.42. The van der Waals surface area contributed by atoms with Crippen LogP contribution in [0.3, 0.4) is 0 Å². The van der Waals surface area contributed by atoms with E-state index in [-0.39, 0.29) is 0 Å². The fraction of sp³-hybridized carbons (Fsp3) is 0.333. The molecular formula is C21H19Cl2N3O. The summed E-state index contributed by atoms with van der Waals surface area (Å²) in [5.74, 6) is 2.12. The van der Waals surface area contributed by atoms with Gasteiger partial charge in [-0.2, -0.15) is 0 Å². The molecule has 0 unspecified atom stereocenters. The molecule has 2 aromatic carbocycles. The van der Waals surface area contributed by atoms with Crippen molar-refractivity contribution in [3.8, 4) is 11.3 Å². The van der Waals surface area contributed by atoms with Gasteiger partial charge >= 0.3 is 0 Å². The molecular weight excluding hydrogens is 381 g/mol. The van der Waals surface area contributed by atoms with Crippen LogP contribution in [0.5, 0.6) is 0 Å². The minimum absolute atomic E-state index is 0.521. The summed E-state index contributed by atoms with van der Waals surface area (Å²) in [6.45, 7) is 3.64. The molecule has 0 radical (unpaired) electrons. The lowest BCUT2D eigenvalue weighted by Gasteiger charge is -2.41. The molecule has 5 rings (SSSR count). The van der Waals surface area contributed by atoms with Crippen molar-refractivity contribution in [2.75, 3.05) is 31.2 Å². The van der Waals surface area contributed by atoms with Gasteiger partial charge in [0.15, 0.2) is 5.82 Å². The Hall–Kier alpha value is -1.88. The zero-order valence-corrected chi connectivity index (χ0v) is 16.2. The van der Waals surface area contributed by atoms with Crippen LogP contribution in [0.1, 0.15) is 6.42 Å². The number of halogens is 2. The minimum Gasteiger partial charge on any atom is -0.381 e. The lowest BCUT2D eigenvalue weighted by molar-refractivity contribution is 0.00612. The molecule has 0 saturated carbocycles. The van der Waals surface area contributed by atoms with E-state index in [4.69, 9.17) is 27.9 Å². The maximum absolute atomic E-state index is 6.22. The number of rotatable bonds is 2. The summed E-state index contributed by atoms with van der Waals surface area (Å²) in [5.41, 5.74) is 1.75. The highest BCUT2D eigenvalue weighted by Crippen LogP contribution is 2.36. The fourth-order valence-corrected chi connectivity index (χ4v) is 4.61. The van der Waals surface area contributed by atoms with Crippen molar-refractivity contribution < 1.29 is 4.74 Å². The molecule has 0 amide bonds. The van der Waals surface area contributed by atoms with E-state index in [1.54, 1.807) is 6.07 Å². The number of hydrogen-bond acceptors (Lipinski definition) is 4. The summed E-state index contributed by atoms with van der Waals surface area (Å²) in [6, 6.07) is 13.9. The first-order valence-corrected chi connectivity index (χ1v) is 9.98. The van der Waals surface area contributed by atoms with E-state index >= 15 is 0 Å². The van der Waals surface area contributed by atoms with Crippen molar-refractivity contribution in [2.24, 2.45) is 11.8 Å². The average molecular weight is 400 g/mol. The Kier molecular flexibility index (Phi) is 4.43. The number of fused-ring (bicyclic) bond motifs is 3. The first kappa shape index (κ1) is 17.2. The molecule has 2 saturated heterocycles. The zero-order chi connectivity index (χ0) is 18.4. The van der Waals surface area contributed by atoms with Crippen molar-refractivity contribution in [2.45, 2.75) is 6.42 Å². The van der Waals surface area contributed by atoms with E-state index < -0.39 is 0 Å². The summed E-state index contributed by atoms with van der Waals surface area (Å²) in [7, 11) is 0. The standard InChI is InChI=1S/C21H19Cl2N3O/c22-18-6-5-15(8-19(18)23)20-16-3-1-2-4-17(16)21(25-24-20)26-9-13-7-14(10-26)12-27-11-13/h1-6,8,13-14H,7,9-12H2/t13-,14-/m0/s1. The summed E-state index contributed by atoms with van der Waals surface area (Å²) in [6.07, 6.45) is 1.25. The van der Waals surface area contributed by atoms with Crippen LogP contribution in [-0.4, -0.2) is 36.5 Å². The third kappa shape index (κ3) is 3.16. The summed E-state index contributed by atoms with van der Waals surface area (Å²) < 4.78 is 5.72. The van der Waals surface area contributed by atoms with Gasteiger partial charge in [-0.25, -0.2) is 0 Å². The first-order valence-electron chi connectivity index (χ1n) is 9.22. The average Bonchev–Trinajstić information content (AvgIpc) is 2.69. The summed E-state index contributed by atoms with van der Waals surface area (Å²) >= 11 is 12.3. The number of anilines is 1. The molecule has 138 valence electrons. The first-order chi connectivity index (χ1) is 13.2. The normalized spacial score (nSPS) is 22.2. The van der Waals surface area contributed by atoms with Gasteiger partial charge in [0.25, 0.3) is 0 Å². The molecule has 2 aliphatic rings. The van der Waals surface area contributed by atoms with Crippen LogP contribution < -0.4 is 4.90 Å². The Morgan fingerprint density at radius 2 is 1.63 bits per heavy atom. The van der Waals surface area contributed by atoms with Crippen LogP contribution in [0.4, 0.5) is 5.82 Å². The number of piperidine rings is 1. The second-order valence-electron chi connectivity index (χ2n) is 7.46. The van der Waals surface area contributed by atoms with Crippen molar-refractivity contribution >= 4 is 39.8 Å². The van der Waals surface area contributed by atoms with Gasteiger partial charge in [0.05, 0.1) is 23.3 Å². The van der Waals surface area contributed by atoms with Gasteiger partial charge in [-0.05, 0) is 18.6 Å². The number of ether oxygens (including phenoxy) is 1. The molecule has 4 nitrogen and oxygen atoms in total. The maximum atomic E-state index is 6.22. The van der Waals surface area contributed by atoms with Crippen molar-refractivity contribution in [1.82, 2.24) is 10.2 Å². The highest BCUT2D eigenvalue weighted by atomic mass is 35.5. The SMILES string of the molecule is Clc1ccc(-c2nnc(N3C[C@H]4COC[C@@H](C4)C3)c3ccccc23)cc1Cl. The molecule has 0 spiro atoms. The largest absolute Gasteiger partial charge is 0.381 e. The Bertz CT molecular complexity index is 998. The van der Waals surface area contributed by atoms with Crippen molar-refractivity contribution in [3.05, 3.63) is 52.5 Å². The quantitative estimate of drug-likeness (QED) is 0.602. The van der Waals surface area contributed by atoms with E-state index in [1.165, 1.54) is 6.42 Å². The van der Waals surface area contributed by atoms with Gasteiger partial charge in [-0.3, -0.25) is 0 Å². The number of hydrogen-bond donors (Lipinski definition) is 0. The Labute approximate surface area is 168 Å². The van der Waals surface area contributed by atoms with Gasteiger partial charge in [0, 0.05) is 41.3 Å². The van der Waals surface area contributed by atoms with Crippen LogP contribution in [0, 0.1) is 11.8 Å². The smallest absolute Gasteiger partial charge is 0.159 e. The Balaban J connectivity index is 1.61. The number of aromatic nitrogens is 2. The molecule has 3 heterocycles. The molecule has 0 N–H and O–H groups in total. The van der Waals surface area contributed by atoms with Crippen molar-refractivity contribution in [1.29, 1.82) is 0 Å². The van der Waals surface area contributed by atoms with Crippen LogP contribution in [0.2, 0.25) is 10.0 Å². The predicted octanol–water partition coefficient (Wildman–Crippen LogP) is 5.08. The summed E-state index contributed by atoms with van der Waals surface area (Å²) in [4.78, 5) is 2.38. The second-order valence-corrected chi connectivity index (χ2v) is 8.27. The molecule has 6 heteroatoms. The van der Waals surface area contributed by atoms with E-state index in [0.717, 1.165) is 54.2 Å². The number of nitrogens with zero attached hydrogens (tertiary/aromatic N) is 3. The molecule has 2 fully saturated rings. The second kappa shape index (κ2) is 6.93. The van der Waals surface area contributed by atoms with Crippen LogP contribution >= 0.6 is 23.2 Å². The Morgan fingerprint density at radius 3 is 2.37 bits per heavy atom. The van der Waals surface area contributed by atoms with E-state index in [2.05, 4.69) is 33.3 Å². The maximum Gasteiger partial charge on any atom is 0.159 e. The molecule has 27 heavy (non-hydrogen) atoms. The van der Waals surface area contributed by atoms with Crippen LogP contribution in [-0.2, 0) is 4.74 Å². The minimum atomic E-state index is 0.521. The van der Waals surface area contributed by atoms with Gasteiger partial charge in [0.2, 0.25) is 0 Å². The fourth-order valence-electron chi connectivity index (χ4n) is 4.31. The highest BCUT2D eigenvalue weighted by Gasteiger charge is 2.32. The molecule has 2 aliphatic heterocycles.